The topological polar surface area (TPSA) is 74.4 Å². The molecule has 0 amide bonds. The molecule has 0 saturated carbocycles. The number of fused-ring (bicyclic) bond motifs is 2. The third-order valence-corrected chi connectivity index (χ3v) is 5.09. The Morgan fingerprint density at radius 2 is 2.04 bits per heavy atom. The second-order valence-electron chi connectivity index (χ2n) is 6.64. The van der Waals surface area contributed by atoms with Crippen molar-refractivity contribution in [3.8, 4) is 0 Å². The molecule has 0 radical (unpaired) electrons. The van der Waals surface area contributed by atoms with Crippen molar-refractivity contribution in [1.82, 2.24) is 14.8 Å². The van der Waals surface area contributed by atoms with Gasteiger partial charge in [-0.2, -0.15) is 5.10 Å². The summed E-state index contributed by atoms with van der Waals surface area (Å²) in [6.45, 7) is 6.22. The van der Waals surface area contributed by atoms with Crippen molar-refractivity contribution in [2.75, 3.05) is 18.1 Å². The smallest absolute Gasteiger partial charge is 0.121 e. The van der Waals surface area contributed by atoms with Gasteiger partial charge in [-0.25, -0.2) is 0 Å². The van der Waals surface area contributed by atoms with Crippen molar-refractivity contribution in [3.05, 3.63) is 53.0 Å². The minimum Gasteiger partial charge on any atom is -0.393 e. The Bertz CT molecular complexity index is 935. The maximum atomic E-state index is 9.81. The van der Waals surface area contributed by atoms with E-state index in [0.29, 0.717) is 5.69 Å². The number of aromatic nitrogens is 3. The van der Waals surface area contributed by atoms with Crippen molar-refractivity contribution in [3.63, 3.8) is 0 Å². The molecule has 2 aromatic heterocycles. The lowest BCUT2D eigenvalue weighted by Gasteiger charge is -2.30. The molecule has 0 unspecified atom stereocenters. The fourth-order valence-electron chi connectivity index (χ4n) is 3.47. The van der Waals surface area contributed by atoms with Crippen molar-refractivity contribution in [1.29, 1.82) is 0 Å². The van der Waals surface area contributed by atoms with Gasteiger partial charge in [0.1, 0.15) is 6.10 Å². The summed E-state index contributed by atoms with van der Waals surface area (Å²) in [5.41, 5.74) is 6.26. The molecule has 1 aliphatic rings. The van der Waals surface area contributed by atoms with Gasteiger partial charge in [0.15, 0.2) is 0 Å². The highest BCUT2D eigenvalue weighted by molar-refractivity contribution is 5.94. The van der Waals surface area contributed by atoms with Crippen molar-refractivity contribution >= 4 is 16.6 Å². The highest BCUT2D eigenvalue weighted by Crippen LogP contribution is 2.31. The highest BCUT2D eigenvalue weighted by atomic mass is 16.3. The molecule has 1 atom stereocenters. The monoisotopic (exact) mass is 338 g/mol. The van der Waals surface area contributed by atoms with Gasteiger partial charge >= 0.3 is 0 Å². The highest BCUT2D eigenvalue weighted by Gasteiger charge is 2.22. The van der Waals surface area contributed by atoms with Crippen LogP contribution in [0, 0.1) is 13.8 Å². The number of rotatable bonds is 3. The third-order valence-electron chi connectivity index (χ3n) is 5.09. The van der Waals surface area contributed by atoms with E-state index in [-0.39, 0.29) is 6.61 Å². The van der Waals surface area contributed by atoms with Gasteiger partial charge in [0.2, 0.25) is 0 Å². The molecule has 0 saturated heterocycles. The van der Waals surface area contributed by atoms with Gasteiger partial charge in [-0.3, -0.25) is 9.67 Å². The predicted octanol–water partition coefficient (Wildman–Crippen LogP) is 2.09. The fourth-order valence-corrected chi connectivity index (χ4v) is 3.47. The first-order valence-corrected chi connectivity index (χ1v) is 8.54. The van der Waals surface area contributed by atoms with Gasteiger partial charge in [-0.1, -0.05) is 12.1 Å². The molecule has 1 aromatic carbocycles. The molecule has 0 bridgehead atoms. The molecule has 0 aliphatic carbocycles. The normalized spacial score (nSPS) is 15.4. The summed E-state index contributed by atoms with van der Waals surface area (Å²) in [5.74, 6) is 0. The van der Waals surface area contributed by atoms with E-state index in [0.717, 1.165) is 36.2 Å². The first-order valence-electron chi connectivity index (χ1n) is 8.54. The zero-order valence-electron chi connectivity index (χ0n) is 14.5. The molecule has 130 valence electrons. The molecule has 1 aliphatic heterocycles. The first-order chi connectivity index (χ1) is 12.1. The zero-order chi connectivity index (χ0) is 17.6. The second kappa shape index (κ2) is 6.13. The number of benzene rings is 1. The maximum absolute atomic E-state index is 9.81. The van der Waals surface area contributed by atoms with Gasteiger partial charge in [0.25, 0.3) is 0 Å². The lowest BCUT2D eigenvalue weighted by atomic mass is 10.0. The van der Waals surface area contributed by atoms with Crippen LogP contribution in [-0.2, 0) is 13.1 Å². The van der Waals surface area contributed by atoms with Gasteiger partial charge in [-0.15, -0.1) is 0 Å². The van der Waals surface area contributed by atoms with Gasteiger partial charge in [0.05, 0.1) is 36.6 Å². The van der Waals surface area contributed by atoms with Crippen LogP contribution in [0.15, 0.2) is 30.5 Å². The summed E-state index contributed by atoms with van der Waals surface area (Å²) < 4.78 is 1.92. The van der Waals surface area contributed by atoms with Crippen LogP contribution in [0.2, 0.25) is 0 Å². The Labute approximate surface area is 146 Å². The summed E-state index contributed by atoms with van der Waals surface area (Å²) in [6, 6.07) is 8.23. The van der Waals surface area contributed by atoms with E-state index in [4.69, 9.17) is 5.11 Å². The van der Waals surface area contributed by atoms with E-state index in [9.17, 15) is 5.11 Å². The van der Waals surface area contributed by atoms with Crippen LogP contribution < -0.4 is 4.90 Å². The average Bonchev–Trinajstić information content (AvgIpc) is 3.07. The van der Waals surface area contributed by atoms with E-state index in [2.05, 4.69) is 47.0 Å². The number of hydrogen-bond acceptors (Lipinski definition) is 5. The van der Waals surface area contributed by atoms with Crippen LogP contribution in [0.3, 0.4) is 0 Å². The molecule has 2 N–H and O–H groups in total. The minimum absolute atomic E-state index is 0.312. The zero-order valence-corrected chi connectivity index (χ0v) is 14.5. The van der Waals surface area contributed by atoms with Gasteiger partial charge in [0, 0.05) is 23.8 Å². The van der Waals surface area contributed by atoms with Crippen molar-refractivity contribution < 1.29 is 10.2 Å². The predicted molar refractivity (Wildman–Crippen MR) is 96.5 cm³/mol. The molecule has 6 nitrogen and oxygen atoms in total. The summed E-state index contributed by atoms with van der Waals surface area (Å²) in [6.07, 6.45) is 0.954. The number of aryl methyl sites for hydroxylation is 2. The van der Waals surface area contributed by atoms with E-state index < -0.39 is 6.10 Å². The third kappa shape index (κ3) is 2.67. The van der Waals surface area contributed by atoms with Crippen molar-refractivity contribution in [2.24, 2.45) is 0 Å². The molecule has 0 fully saturated rings. The molecule has 25 heavy (non-hydrogen) atoms. The number of nitrogens with zero attached hydrogens (tertiary/aromatic N) is 4. The second-order valence-corrected chi connectivity index (χ2v) is 6.64. The number of anilines is 1. The van der Waals surface area contributed by atoms with Crippen LogP contribution in [-0.4, -0.2) is 38.1 Å². The Morgan fingerprint density at radius 1 is 1.20 bits per heavy atom. The van der Waals surface area contributed by atoms with Crippen molar-refractivity contribution in [2.45, 2.75) is 33.0 Å². The van der Waals surface area contributed by atoms with Crippen LogP contribution in [0.1, 0.15) is 28.6 Å². The molecular formula is C19H22N4O2. The molecular weight excluding hydrogens is 316 g/mol. The lowest BCUT2D eigenvalue weighted by Crippen LogP contribution is -2.33. The van der Waals surface area contributed by atoms with E-state index in [1.807, 2.05) is 16.9 Å². The average molecular weight is 338 g/mol. The summed E-state index contributed by atoms with van der Waals surface area (Å²) in [7, 11) is 0. The molecule has 6 heteroatoms. The standard InChI is InChI=1S/C19H22N4O2/c1-12-3-4-15-17(5-6-20-19(15)13(12)2)22-7-8-23-14(10-22)9-16(21-23)18(25)11-24/h3-6,9,18,24-25H,7-8,10-11H2,1-2H3/t18-/m1/s1. The number of aliphatic hydroxyl groups excluding tert-OH is 2. The summed E-state index contributed by atoms with van der Waals surface area (Å²) >= 11 is 0. The van der Waals surface area contributed by atoms with E-state index in [1.54, 1.807) is 0 Å². The Morgan fingerprint density at radius 3 is 2.84 bits per heavy atom. The van der Waals surface area contributed by atoms with E-state index in [1.165, 1.54) is 16.8 Å². The quantitative estimate of drug-likeness (QED) is 0.765. The largest absolute Gasteiger partial charge is 0.393 e. The minimum atomic E-state index is -0.918. The van der Waals surface area contributed by atoms with Gasteiger partial charge < -0.3 is 15.1 Å². The van der Waals surface area contributed by atoms with Crippen LogP contribution in [0.4, 0.5) is 5.69 Å². The fraction of sp³-hybridized carbons (Fsp3) is 0.368. The SMILES string of the molecule is Cc1ccc2c(N3CCn4nc([C@H](O)CO)cc4C3)ccnc2c1C. The van der Waals surface area contributed by atoms with Gasteiger partial charge in [-0.05, 0) is 37.1 Å². The van der Waals surface area contributed by atoms with Crippen LogP contribution in [0.25, 0.3) is 10.9 Å². The molecule has 4 rings (SSSR count). The lowest BCUT2D eigenvalue weighted by molar-refractivity contribution is 0.0916. The molecule has 3 aromatic rings. The molecule has 3 heterocycles. The number of aliphatic hydroxyl groups is 2. The summed E-state index contributed by atoms with van der Waals surface area (Å²) in [5, 5.41) is 24.5. The number of hydrogen-bond donors (Lipinski definition) is 2. The number of pyridine rings is 1. The molecule has 0 spiro atoms. The Hall–Kier alpha value is -2.44. The Balaban J connectivity index is 1.71. The van der Waals surface area contributed by atoms with Crippen LogP contribution >= 0.6 is 0 Å². The Kier molecular flexibility index (Phi) is 3.94. The summed E-state index contributed by atoms with van der Waals surface area (Å²) in [4.78, 5) is 6.90. The van der Waals surface area contributed by atoms with E-state index >= 15 is 0 Å². The first kappa shape index (κ1) is 16.1. The maximum Gasteiger partial charge on any atom is 0.121 e. The van der Waals surface area contributed by atoms with Crippen LogP contribution in [0.5, 0.6) is 0 Å².